The maximum Gasteiger partial charge on any atom is 0.322 e. The smallest absolute Gasteiger partial charge is 0.322 e. The van der Waals surface area contributed by atoms with Gasteiger partial charge in [-0.1, -0.05) is 0 Å². The Morgan fingerprint density at radius 1 is 1.30 bits per heavy atom. The van der Waals surface area contributed by atoms with E-state index in [9.17, 15) is 13.2 Å². The molecule has 2 rings (SSSR count). The van der Waals surface area contributed by atoms with E-state index in [1.54, 1.807) is 0 Å². The first-order valence-electron chi connectivity index (χ1n) is 7.07. The fourth-order valence-electron chi connectivity index (χ4n) is 2.71. The summed E-state index contributed by atoms with van der Waals surface area (Å²) in [6, 6.07) is -0.941. The van der Waals surface area contributed by atoms with Crippen molar-refractivity contribution in [1.82, 2.24) is 9.03 Å². The SMILES string of the molecule is O=C(O)C1CCCCN1S(=O)(=O)NCC1CCCOC1. The molecule has 0 aromatic carbocycles. The zero-order valence-corrected chi connectivity index (χ0v) is 12.3. The molecule has 0 aromatic rings. The number of piperidine rings is 1. The third-order valence-electron chi connectivity index (χ3n) is 3.86. The minimum atomic E-state index is -3.73. The summed E-state index contributed by atoms with van der Waals surface area (Å²) in [5.41, 5.74) is 0. The molecular formula is C12H22N2O5S. The van der Waals surface area contributed by atoms with Gasteiger partial charge in [-0.3, -0.25) is 4.79 Å². The lowest BCUT2D eigenvalue weighted by Crippen LogP contribution is -2.53. The molecule has 0 saturated carbocycles. The van der Waals surface area contributed by atoms with E-state index in [-0.39, 0.29) is 12.5 Å². The highest BCUT2D eigenvalue weighted by atomic mass is 32.2. The largest absolute Gasteiger partial charge is 0.480 e. The second kappa shape index (κ2) is 6.84. The molecular weight excluding hydrogens is 284 g/mol. The van der Waals surface area contributed by atoms with E-state index in [0.717, 1.165) is 30.2 Å². The van der Waals surface area contributed by atoms with Crippen LogP contribution in [0, 0.1) is 5.92 Å². The average molecular weight is 306 g/mol. The number of carbonyl (C=O) groups is 1. The molecule has 0 bridgehead atoms. The molecule has 0 aliphatic carbocycles. The van der Waals surface area contributed by atoms with Gasteiger partial charge in [-0.2, -0.15) is 12.7 Å². The minimum absolute atomic E-state index is 0.173. The van der Waals surface area contributed by atoms with Crippen LogP contribution in [0.5, 0.6) is 0 Å². The first-order valence-corrected chi connectivity index (χ1v) is 8.51. The second-order valence-corrected chi connectivity index (χ2v) is 7.11. The number of carboxylic acids is 1. The van der Waals surface area contributed by atoms with Crippen molar-refractivity contribution in [3.63, 3.8) is 0 Å². The summed E-state index contributed by atoms with van der Waals surface area (Å²) < 4.78 is 33.4. The van der Waals surface area contributed by atoms with Gasteiger partial charge >= 0.3 is 5.97 Å². The highest BCUT2D eigenvalue weighted by Crippen LogP contribution is 2.20. The Kier molecular flexibility index (Phi) is 5.36. The van der Waals surface area contributed by atoms with Gasteiger partial charge in [-0.25, -0.2) is 4.72 Å². The Morgan fingerprint density at radius 3 is 2.75 bits per heavy atom. The Hall–Kier alpha value is -0.700. The number of nitrogens with one attached hydrogen (secondary N) is 1. The molecule has 2 fully saturated rings. The van der Waals surface area contributed by atoms with Crippen LogP contribution in [0.3, 0.4) is 0 Å². The summed E-state index contributed by atoms with van der Waals surface area (Å²) in [7, 11) is -3.73. The Labute approximate surface area is 119 Å². The lowest BCUT2D eigenvalue weighted by molar-refractivity contribution is -0.142. The first-order chi connectivity index (χ1) is 9.50. The summed E-state index contributed by atoms with van der Waals surface area (Å²) >= 11 is 0. The van der Waals surface area contributed by atoms with E-state index in [1.807, 2.05) is 0 Å². The molecule has 0 spiro atoms. The Balaban J connectivity index is 1.95. The molecule has 7 nitrogen and oxygen atoms in total. The third kappa shape index (κ3) is 3.91. The normalized spacial score (nSPS) is 29.2. The molecule has 0 aromatic heterocycles. The van der Waals surface area contributed by atoms with Gasteiger partial charge in [-0.15, -0.1) is 0 Å². The highest BCUT2D eigenvalue weighted by molar-refractivity contribution is 7.87. The number of hydrogen-bond donors (Lipinski definition) is 2. The Morgan fingerprint density at radius 2 is 2.10 bits per heavy atom. The van der Waals surface area contributed by atoms with Crippen LogP contribution in [0.4, 0.5) is 0 Å². The van der Waals surface area contributed by atoms with E-state index in [1.165, 1.54) is 0 Å². The predicted octanol–water partition coefficient (Wildman–Crippen LogP) is 0.187. The minimum Gasteiger partial charge on any atom is -0.480 e. The van der Waals surface area contributed by atoms with E-state index in [0.29, 0.717) is 26.0 Å². The van der Waals surface area contributed by atoms with Crippen LogP contribution in [0.25, 0.3) is 0 Å². The van der Waals surface area contributed by atoms with Crippen molar-refractivity contribution < 1.29 is 23.1 Å². The van der Waals surface area contributed by atoms with E-state index in [4.69, 9.17) is 9.84 Å². The van der Waals surface area contributed by atoms with Crippen LogP contribution < -0.4 is 4.72 Å². The summed E-state index contributed by atoms with van der Waals surface area (Å²) in [5, 5.41) is 9.14. The zero-order valence-electron chi connectivity index (χ0n) is 11.5. The molecule has 2 heterocycles. The quantitative estimate of drug-likeness (QED) is 0.756. The van der Waals surface area contributed by atoms with Gasteiger partial charge < -0.3 is 9.84 Å². The summed E-state index contributed by atoms with van der Waals surface area (Å²) in [5.74, 6) is -0.900. The van der Waals surface area contributed by atoms with Crippen LogP contribution in [0.1, 0.15) is 32.1 Å². The van der Waals surface area contributed by atoms with E-state index < -0.39 is 22.2 Å². The molecule has 8 heteroatoms. The van der Waals surface area contributed by atoms with Crippen molar-refractivity contribution in [3.8, 4) is 0 Å². The number of rotatable bonds is 5. The van der Waals surface area contributed by atoms with Gasteiger partial charge in [0.15, 0.2) is 0 Å². The maximum absolute atomic E-state index is 12.3. The van der Waals surface area contributed by atoms with Gasteiger partial charge in [0.05, 0.1) is 6.61 Å². The predicted molar refractivity (Wildman–Crippen MR) is 72.4 cm³/mol. The number of nitrogens with zero attached hydrogens (tertiary/aromatic N) is 1. The van der Waals surface area contributed by atoms with Crippen molar-refractivity contribution in [2.45, 2.75) is 38.1 Å². The number of carboxylic acid groups (broad SMARTS) is 1. The summed E-state index contributed by atoms with van der Waals surface area (Å²) in [4.78, 5) is 11.2. The molecule has 2 unspecified atom stereocenters. The second-order valence-electron chi connectivity index (χ2n) is 5.40. The number of aliphatic carboxylic acids is 1. The van der Waals surface area contributed by atoms with Crippen molar-refractivity contribution >= 4 is 16.2 Å². The van der Waals surface area contributed by atoms with Crippen LogP contribution in [0.15, 0.2) is 0 Å². The van der Waals surface area contributed by atoms with Crippen molar-refractivity contribution in [1.29, 1.82) is 0 Å². The Bertz CT molecular complexity index is 433. The molecule has 2 saturated heterocycles. The molecule has 20 heavy (non-hydrogen) atoms. The standard InChI is InChI=1S/C12H22N2O5S/c15-12(16)11-5-1-2-6-14(11)20(17,18)13-8-10-4-3-7-19-9-10/h10-11,13H,1-9H2,(H,15,16). The first kappa shape index (κ1) is 15.7. The molecule has 2 aliphatic heterocycles. The monoisotopic (exact) mass is 306 g/mol. The van der Waals surface area contributed by atoms with E-state index in [2.05, 4.69) is 4.72 Å². The molecule has 0 radical (unpaired) electrons. The average Bonchev–Trinajstić information content (AvgIpc) is 2.46. The lowest BCUT2D eigenvalue weighted by atomic mass is 10.0. The van der Waals surface area contributed by atoms with Crippen molar-refractivity contribution in [2.24, 2.45) is 5.92 Å². The van der Waals surface area contributed by atoms with Crippen LogP contribution >= 0.6 is 0 Å². The topological polar surface area (TPSA) is 95.9 Å². The molecule has 116 valence electrons. The summed E-state index contributed by atoms with van der Waals surface area (Å²) in [6.07, 6.45) is 3.71. The van der Waals surface area contributed by atoms with Crippen LogP contribution in [0.2, 0.25) is 0 Å². The fourth-order valence-corrected chi connectivity index (χ4v) is 4.23. The lowest BCUT2D eigenvalue weighted by Gasteiger charge is -2.32. The maximum atomic E-state index is 12.3. The fraction of sp³-hybridized carbons (Fsp3) is 0.917. The van der Waals surface area contributed by atoms with E-state index >= 15 is 0 Å². The van der Waals surface area contributed by atoms with Crippen molar-refractivity contribution in [3.05, 3.63) is 0 Å². The third-order valence-corrected chi connectivity index (χ3v) is 5.44. The van der Waals surface area contributed by atoms with Gasteiger partial charge in [0.25, 0.3) is 10.2 Å². The van der Waals surface area contributed by atoms with Gasteiger partial charge in [0.1, 0.15) is 6.04 Å². The van der Waals surface area contributed by atoms with Crippen LogP contribution in [-0.4, -0.2) is 56.1 Å². The summed E-state index contributed by atoms with van der Waals surface area (Å²) in [6.45, 7) is 1.87. The van der Waals surface area contributed by atoms with Gasteiger partial charge in [0.2, 0.25) is 0 Å². The molecule has 2 atom stereocenters. The van der Waals surface area contributed by atoms with Gasteiger partial charge in [-0.05, 0) is 38.0 Å². The molecule has 0 amide bonds. The number of hydrogen-bond acceptors (Lipinski definition) is 4. The highest BCUT2D eigenvalue weighted by Gasteiger charge is 2.36. The molecule has 2 N–H and O–H groups in total. The van der Waals surface area contributed by atoms with Gasteiger partial charge in [0, 0.05) is 19.7 Å². The van der Waals surface area contributed by atoms with Crippen LogP contribution in [-0.2, 0) is 19.7 Å². The van der Waals surface area contributed by atoms with Crippen molar-refractivity contribution in [2.75, 3.05) is 26.3 Å². The zero-order chi connectivity index (χ0) is 14.6. The number of ether oxygens (including phenoxy) is 1. The molecule has 2 aliphatic rings.